The lowest BCUT2D eigenvalue weighted by molar-refractivity contribution is 0.609. The minimum Gasteiger partial charge on any atom is -0.206 e. The molecule has 3 rings (SSSR count). The van der Waals surface area contributed by atoms with E-state index < -0.39 is 11.7 Å². The van der Waals surface area contributed by atoms with Crippen molar-refractivity contribution in [3.8, 4) is 0 Å². The fourth-order valence-corrected chi connectivity index (χ4v) is 3.57. The second-order valence-corrected chi connectivity index (χ2v) is 7.58. The molecule has 0 atom stereocenters. The van der Waals surface area contributed by atoms with Gasteiger partial charge in [-0.3, -0.25) is 0 Å². The summed E-state index contributed by atoms with van der Waals surface area (Å²) in [6, 6.07) is 14.8. The molecule has 0 saturated carbocycles. The predicted octanol–water partition coefficient (Wildman–Crippen LogP) is 8.60. The SMILES string of the molecule is C=CCCc1ccc(C(F)=C(F)c2ccc3c(F)c(CCCCC)ccc3c2)cc1. The topological polar surface area (TPSA) is 0 Å². The highest BCUT2D eigenvalue weighted by molar-refractivity contribution is 5.90. The highest BCUT2D eigenvalue weighted by atomic mass is 19.2. The van der Waals surface area contributed by atoms with Gasteiger partial charge in [-0.05, 0) is 48.3 Å². The number of fused-ring (bicyclic) bond motifs is 1. The lowest BCUT2D eigenvalue weighted by atomic mass is 9.99. The molecule has 0 unspecified atom stereocenters. The van der Waals surface area contributed by atoms with E-state index in [-0.39, 0.29) is 16.9 Å². The summed E-state index contributed by atoms with van der Waals surface area (Å²) in [5, 5.41) is 1.000. The van der Waals surface area contributed by atoms with Crippen molar-refractivity contribution in [3.63, 3.8) is 0 Å². The normalized spacial score (nSPS) is 12.1. The summed E-state index contributed by atoms with van der Waals surface area (Å²) in [7, 11) is 0. The summed E-state index contributed by atoms with van der Waals surface area (Å²) in [5.74, 6) is -2.13. The third-order valence-corrected chi connectivity index (χ3v) is 5.37. The first-order chi connectivity index (χ1) is 14.5. The van der Waals surface area contributed by atoms with Crippen LogP contribution in [0.2, 0.25) is 0 Å². The minimum atomic E-state index is -0.942. The zero-order valence-electron chi connectivity index (χ0n) is 17.4. The van der Waals surface area contributed by atoms with Gasteiger partial charge in [0, 0.05) is 16.5 Å². The van der Waals surface area contributed by atoms with Crippen molar-refractivity contribution in [2.24, 2.45) is 0 Å². The molecule has 3 aromatic carbocycles. The van der Waals surface area contributed by atoms with Crippen LogP contribution in [0, 0.1) is 5.82 Å². The van der Waals surface area contributed by atoms with E-state index in [1.165, 1.54) is 18.2 Å². The third kappa shape index (κ3) is 5.02. The van der Waals surface area contributed by atoms with Gasteiger partial charge in [0.25, 0.3) is 0 Å². The van der Waals surface area contributed by atoms with Crippen LogP contribution >= 0.6 is 0 Å². The van der Waals surface area contributed by atoms with Gasteiger partial charge in [-0.25, -0.2) is 13.2 Å². The first-order valence-electron chi connectivity index (χ1n) is 10.5. The second-order valence-electron chi connectivity index (χ2n) is 7.58. The molecule has 0 aliphatic carbocycles. The fourth-order valence-electron chi connectivity index (χ4n) is 3.57. The van der Waals surface area contributed by atoms with Crippen molar-refractivity contribution in [1.29, 1.82) is 0 Å². The summed E-state index contributed by atoms with van der Waals surface area (Å²) in [6.07, 6.45) is 7.22. The quantitative estimate of drug-likeness (QED) is 0.189. The molecule has 30 heavy (non-hydrogen) atoms. The van der Waals surface area contributed by atoms with Crippen molar-refractivity contribution in [3.05, 3.63) is 95.3 Å². The number of aryl methyl sites for hydroxylation is 2. The number of rotatable bonds is 9. The van der Waals surface area contributed by atoms with Gasteiger partial charge in [0.1, 0.15) is 5.82 Å². The average molecular weight is 409 g/mol. The molecule has 0 heterocycles. The number of halogens is 3. The third-order valence-electron chi connectivity index (χ3n) is 5.37. The van der Waals surface area contributed by atoms with E-state index in [9.17, 15) is 13.2 Å². The van der Waals surface area contributed by atoms with E-state index in [1.807, 2.05) is 6.08 Å². The number of unbranched alkanes of at least 4 members (excludes halogenated alkanes) is 2. The van der Waals surface area contributed by atoms with Crippen LogP contribution in [0.25, 0.3) is 22.4 Å². The number of benzene rings is 3. The predicted molar refractivity (Wildman–Crippen MR) is 121 cm³/mol. The smallest absolute Gasteiger partial charge is 0.166 e. The standard InChI is InChI=1S/C27H27F3/c1-3-5-7-9-20-14-15-22-18-23(16-17-24(22)25(20)28)27(30)26(29)21-12-10-19(11-13-21)8-6-4-2/h4,10-18H,2-3,5-9H2,1H3. The molecule has 0 nitrogen and oxygen atoms in total. The van der Waals surface area contributed by atoms with Crippen molar-refractivity contribution in [1.82, 2.24) is 0 Å². The van der Waals surface area contributed by atoms with E-state index in [2.05, 4.69) is 13.5 Å². The summed E-state index contributed by atoms with van der Waals surface area (Å²) in [4.78, 5) is 0. The molecule has 0 aliphatic rings. The van der Waals surface area contributed by atoms with Gasteiger partial charge in [-0.15, -0.1) is 6.58 Å². The molecule has 3 aromatic rings. The number of allylic oxidation sites excluding steroid dienone is 1. The van der Waals surface area contributed by atoms with Crippen LogP contribution in [-0.2, 0) is 12.8 Å². The maximum absolute atomic E-state index is 14.8. The van der Waals surface area contributed by atoms with E-state index in [0.29, 0.717) is 22.8 Å². The molecule has 0 aromatic heterocycles. The Labute approximate surface area is 176 Å². The Bertz CT molecular complexity index is 1050. The maximum Gasteiger partial charge on any atom is 0.166 e. The molecular weight excluding hydrogens is 381 g/mol. The number of hydrogen-bond acceptors (Lipinski definition) is 0. The molecule has 3 heteroatoms. The zero-order valence-corrected chi connectivity index (χ0v) is 17.4. The van der Waals surface area contributed by atoms with Crippen LogP contribution in [0.15, 0.2) is 67.3 Å². The molecule has 0 radical (unpaired) electrons. The van der Waals surface area contributed by atoms with Crippen LogP contribution < -0.4 is 0 Å². The summed E-state index contributed by atoms with van der Waals surface area (Å²) in [6.45, 7) is 5.79. The lowest BCUT2D eigenvalue weighted by Crippen LogP contribution is -1.93. The fraction of sp³-hybridized carbons (Fsp3) is 0.259. The Kier molecular flexibility index (Phi) is 7.51. The Hall–Kier alpha value is -2.81. The molecular formula is C27H27F3. The van der Waals surface area contributed by atoms with E-state index >= 15 is 0 Å². The largest absolute Gasteiger partial charge is 0.206 e. The van der Waals surface area contributed by atoms with Crippen LogP contribution in [0.4, 0.5) is 13.2 Å². The molecule has 0 spiro atoms. The van der Waals surface area contributed by atoms with Gasteiger partial charge < -0.3 is 0 Å². The average Bonchev–Trinajstić information content (AvgIpc) is 2.78. The first kappa shape index (κ1) is 21.9. The molecule has 0 N–H and O–H groups in total. The molecule has 0 fully saturated rings. The van der Waals surface area contributed by atoms with Crippen molar-refractivity contribution in [2.45, 2.75) is 45.4 Å². The van der Waals surface area contributed by atoms with E-state index in [1.54, 1.807) is 36.4 Å². The molecule has 0 amide bonds. The van der Waals surface area contributed by atoms with E-state index in [4.69, 9.17) is 0 Å². The van der Waals surface area contributed by atoms with Crippen LogP contribution in [0.3, 0.4) is 0 Å². The molecule has 0 saturated heterocycles. The Morgan fingerprint density at radius 3 is 2.27 bits per heavy atom. The van der Waals surface area contributed by atoms with Gasteiger partial charge in [-0.1, -0.05) is 74.4 Å². The number of hydrogen-bond donors (Lipinski definition) is 0. The van der Waals surface area contributed by atoms with Crippen LogP contribution in [-0.4, -0.2) is 0 Å². The maximum atomic E-state index is 14.8. The summed E-state index contributed by atoms with van der Waals surface area (Å²) in [5.41, 5.74) is 2.01. The van der Waals surface area contributed by atoms with Crippen molar-refractivity contribution < 1.29 is 13.2 Å². The Morgan fingerprint density at radius 1 is 0.867 bits per heavy atom. The van der Waals surface area contributed by atoms with Gasteiger partial charge in [-0.2, -0.15) is 0 Å². The van der Waals surface area contributed by atoms with Gasteiger partial charge in [0.05, 0.1) is 0 Å². The molecule has 156 valence electrons. The van der Waals surface area contributed by atoms with E-state index in [0.717, 1.165) is 37.7 Å². The first-order valence-corrected chi connectivity index (χ1v) is 10.5. The summed E-state index contributed by atoms with van der Waals surface area (Å²) >= 11 is 0. The van der Waals surface area contributed by atoms with Crippen LogP contribution in [0.1, 0.15) is 54.9 Å². The zero-order chi connectivity index (χ0) is 21.5. The van der Waals surface area contributed by atoms with Gasteiger partial charge in [0.15, 0.2) is 11.7 Å². The highest BCUT2D eigenvalue weighted by Gasteiger charge is 2.14. The monoisotopic (exact) mass is 408 g/mol. The van der Waals surface area contributed by atoms with Crippen molar-refractivity contribution >= 4 is 22.4 Å². The molecule has 0 aliphatic heterocycles. The summed E-state index contributed by atoms with van der Waals surface area (Å²) < 4.78 is 44.4. The Balaban J connectivity index is 1.87. The lowest BCUT2D eigenvalue weighted by Gasteiger charge is -2.09. The van der Waals surface area contributed by atoms with Crippen LogP contribution in [0.5, 0.6) is 0 Å². The second kappa shape index (κ2) is 10.3. The highest BCUT2D eigenvalue weighted by Crippen LogP contribution is 2.32. The van der Waals surface area contributed by atoms with Gasteiger partial charge >= 0.3 is 0 Å². The van der Waals surface area contributed by atoms with Crippen molar-refractivity contribution in [2.75, 3.05) is 0 Å². The Morgan fingerprint density at radius 2 is 1.57 bits per heavy atom. The molecule has 0 bridgehead atoms. The minimum absolute atomic E-state index is 0.105. The van der Waals surface area contributed by atoms with Gasteiger partial charge in [0.2, 0.25) is 0 Å².